The van der Waals surface area contributed by atoms with Gasteiger partial charge in [0.1, 0.15) is 4.92 Å². The minimum Gasteiger partial charge on any atom is -0.395 e. The minimum absolute atomic E-state index is 0.0910. The summed E-state index contributed by atoms with van der Waals surface area (Å²) in [5.74, 6) is -1.05. The lowest BCUT2D eigenvalue weighted by Crippen LogP contribution is -2.22. The molecule has 3 aromatic rings. The first-order valence-electron chi connectivity index (χ1n) is 6.73. The quantitative estimate of drug-likeness (QED) is 0.575. The van der Waals surface area contributed by atoms with Gasteiger partial charge in [-0.3, -0.25) is 14.9 Å². The maximum atomic E-state index is 11.9. The summed E-state index contributed by atoms with van der Waals surface area (Å²) in [4.78, 5) is 25.7. The molecule has 0 aliphatic heterocycles. The van der Waals surface area contributed by atoms with Crippen LogP contribution in [0, 0.1) is 10.1 Å². The Morgan fingerprint density at radius 2 is 2.04 bits per heavy atom. The summed E-state index contributed by atoms with van der Waals surface area (Å²) >= 11 is 0. The maximum absolute atomic E-state index is 11.9. The monoisotopic (exact) mass is 312 g/mol. The predicted octanol–water partition coefficient (Wildman–Crippen LogP) is 2.30. The van der Waals surface area contributed by atoms with E-state index in [0.29, 0.717) is 0 Å². The number of imidazole rings is 1. The van der Waals surface area contributed by atoms with Gasteiger partial charge in [-0.2, -0.15) is 0 Å². The second-order valence-electron chi connectivity index (χ2n) is 4.71. The van der Waals surface area contributed by atoms with Crippen molar-refractivity contribution >= 4 is 11.8 Å². The Hall–Kier alpha value is -3.42. The average molecular weight is 312 g/mol. The smallest absolute Gasteiger partial charge is 0.395 e. The van der Waals surface area contributed by atoms with Gasteiger partial charge in [0.15, 0.2) is 5.76 Å². The number of rotatable bonds is 5. The van der Waals surface area contributed by atoms with Crippen molar-refractivity contribution in [1.29, 1.82) is 0 Å². The molecule has 116 valence electrons. The number of furan rings is 1. The van der Waals surface area contributed by atoms with Gasteiger partial charge < -0.3 is 14.3 Å². The molecule has 0 fully saturated rings. The normalized spacial score (nSPS) is 10.4. The van der Waals surface area contributed by atoms with Gasteiger partial charge in [0.05, 0.1) is 12.4 Å². The average Bonchev–Trinajstić information content (AvgIpc) is 3.24. The fourth-order valence-corrected chi connectivity index (χ4v) is 2.02. The second kappa shape index (κ2) is 6.14. The van der Waals surface area contributed by atoms with Crippen LogP contribution in [0.1, 0.15) is 16.1 Å². The third kappa shape index (κ3) is 3.26. The lowest BCUT2D eigenvalue weighted by Gasteiger charge is -2.06. The van der Waals surface area contributed by atoms with Crippen molar-refractivity contribution in [1.82, 2.24) is 14.9 Å². The first kappa shape index (κ1) is 14.5. The standard InChI is InChI=1S/C15H12N4O4/c20-15(13-5-6-14(23-13)19(21)22)17-9-11-1-3-12(4-2-11)18-8-7-16-10-18/h1-8,10H,9H2,(H,17,20). The molecule has 0 aliphatic rings. The first-order chi connectivity index (χ1) is 11.1. The van der Waals surface area contributed by atoms with Gasteiger partial charge in [-0.1, -0.05) is 12.1 Å². The largest absolute Gasteiger partial charge is 0.433 e. The van der Waals surface area contributed by atoms with E-state index in [2.05, 4.69) is 10.3 Å². The van der Waals surface area contributed by atoms with Crippen LogP contribution < -0.4 is 5.32 Å². The van der Waals surface area contributed by atoms with E-state index >= 15 is 0 Å². The van der Waals surface area contributed by atoms with Crippen LogP contribution in [0.2, 0.25) is 0 Å². The number of nitrogens with zero attached hydrogens (tertiary/aromatic N) is 3. The number of benzene rings is 1. The van der Waals surface area contributed by atoms with Gasteiger partial charge in [0, 0.05) is 24.6 Å². The highest BCUT2D eigenvalue weighted by molar-refractivity contribution is 5.91. The van der Waals surface area contributed by atoms with Gasteiger partial charge in [-0.15, -0.1) is 0 Å². The summed E-state index contributed by atoms with van der Waals surface area (Å²) in [6, 6.07) is 9.98. The van der Waals surface area contributed by atoms with Gasteiger partial charge >= 0.3 is 5.88 Å². The molecule has 0 radical (unpaired) electrons. The summed E-state index contributed by atoms with van der Waals surface area (Å²) in [7, 11) is 0. The van der Waals surface area contributed by atoms with E-state index in [1.807, 2.05) is 35.0 Å². The molecule has 0 unspecified atom stereocenters. The van der Waals surface area contributed by atoms with E-state index < -0.39 is 16.7 Å². The predicted molar refractivity (Wildman–Crippen MR) is 80.1 cm³/mol. The number of hydrogen-bond acceptors (Lipinski definition) is 5. The molecule has 0 bridgehead atoms. The molecule has 8 nitrogen and oxygen atoms in total. The summed E-state index contributed by atoms with van der Waals surface area (Å²) < 4.78 is 6.71. The Labute approximate surface area is 130 Å². The van der Waals surface area contributed by atoms with Crippen LogP contribution in [0.25, 0.3) is 5.69 Å². The van der Waals surface area contributed by atoms with E-state index in [1.165, 1.54) is 6.07 Å². The third-order valence-corrected chi connectivity index (χ3v) is 3.19. The number of carbonyl (C=O) groups excluding carboxylic acids is 1. The molecule has 2 heterocycles. The minimum atomic E-state index is -0.689. The molecule has 23 heavy (non-hydrogen) atoms. The molecular formula is C15H12N4O4. The van der Waals surface area contributed by atoms with Gasteiger partial charge in [-0.05, 0) is 23.8 Å². The van der Waals surface area contributed by atoms with Gasteiger partial charge in [-0.25, -0.2) is 4.98 Å². The van der Waals surface area contributed by atoms with E-state index in [9.17, 15) is 14.9 Å². The SMILES string of the molecule is O=C(NCc1ccc(-n2ccnc2)cc1)c1ccc([N+](=O)[O-])o1. The van der Waals surface area contributed by atoms with Crippen LogP contribution in [-0.4, -0.2) is 20.4 Å². The number of hydrogen-bond donors (Lipinski definition) is 1. The molecule has 0 spiro atoms. The van der Waals surface area contributed by atoms with E-state index in [1.54, 1.807) is 12.5 Å². The fourth-order valence-electron chi connectivity index (χ4n) is 2.02. The number of carbonyl (C=O) groups is 1. The molecule has 0 aliphatic carbocycles. The van der Waals surface area contributed by atoms with E-state index in [4.69, 9.17) is 4.42 Å². The zero-order chi connectivity index (χ0) is 16.2. The zero-order valence-electron chi connectivity index (χ0n) is 11.9. The Bertz CT molecular complexity index is 822. The molecule has 0 saturated carbocycles. The Kier molecular flexibility index (Phi) is 3.88. The van der Waals surface area contributed by atoms with Crippen LogP contribution in [0.3, 0.4) is 0 Å². The van der Waals surface area contributed by atoms with Crippen LogP contribution in [-0.2, 0) is 6.54 Å². The molecule has 0 atom stereocenters. The van der Waals surface area contributed by atoms with Crippen molar-refractivity contribution in [2.45, 2.75) is 6.54 Å². The molecule has 2 aromatic heterocycles. The Balaban J connectivity index is 1.61. The fraction of sp³-hybridized carbons (Fsp3) is 0.0667. The summed E-state index contributed by atoms with van der Waals surface area (Å²) in [5, 5.41) is 13.2. The maximum Gasteiger partial charge on any atom is 0.433 e. The highest BCUT2D eigenvalue weighted by Crippen LogP contribution is 2.15. The van der Waals surface area contributed by atoms with Gasteiger partial charge in [0.25, 0.3) is 5.91 Å². The Morgan fingerprint density at radius 3 is 2.65 bits per heavy atom. The van der Waals surface area contributed by atoms with Crippen molar-refractivity contribution in [3.8, 4) is 5.69 Å². The molecule has 1 amide bonds. The zero-order valence-corrected chi connectivity index (χ0v) is 11.9. The molecule has 1 aromatic carbocycles. The molecule has 3 rings (SSSR count). The highest BCUT2D eigenvalue weighted by Gasteiger charge is 2.16. The third-order valence-electron chi connectivity index (χ3n) is 3.19. The van der Waals surface area contributed by atoms with Crippen molar-refractivity contribution in [3.63, 3.8) is 0 Å². The lowest BCUT2D eigenvalue weighted by molar-refractivity contribution is -0.402. The van der Waals surface area contributed by atoms with Crippen LogP contribution >= 0.6 is 0 Å². The van der Waals surface area contributed by atoms with Crippen molar-refractivity contribution < 1.29 is 14.1 Å². The lowest BCUT2D eigenvalue weighted by atomic mass is 10.2. The number of amides is 1. The number of nitro groups is 1. The molecular weight excluding hydrogens is 300 g/mol. The van der Waals surface area contributed by atoms with E-state index in [0.717, 1.165) is 17.3 Å². The number of nitrogens with one attached hydrogen (secondary N) is 1. The highest BCUT2D eigenvalue weighted by atomic mass is 16.6. The molecule has 1 N–H and O–H groups in total. The molecule has 0 saturated heterocycles. The van der Waals surface area contributed by atoms with E-state index in [-0.39, 0.29) is 12.3 Å². The van der Waals surface area contributed by atoms with Gasteiger partial charge in [0.2, 0.25) is 0 Å². The van der Waals surface area contributed by atoms with Crippen LogP contribution in [0.15, 0.2) is 59.5 Å². The Morgan fingerprint density at radius 1 is 1.26 bits per heavy atom. The van der Waals surface area contributed by atoms with Crippen molar-refractivity contribution in [2.24, 2.45) is 0 Å². The summed E-state index contributed by atoms with van der Waals surface area (Å²) in [6.07, 6.45) is 5.22. The summed E-state index contributed by atoms with van der Waals surface area (Å²) in [6.45, 7) is 0.289. The second-order valence-corrected chi connectivity index (χ2v) is 4.71. The van der Waals surface area contributed by atoms with Crippen molar-refractivity contribution in [3.05, 3.63) is 76.6 Å². The first-order valence-corrected chi connectivity index (χ1v) is 6.73. The van der Waals surface area contributed by atoms with Crippen molar-refractivity contribution in [2.75, 3.05) is 0 Å². The van der Waals surface area contributed by atoms with Crippen LogP contribution in [0.5, 0.6) is 0 Å². The van der Waals surface area contributed by atoms with Crippen LogP contribution in [0.4, 0.5) is 5.88 Å². The topological polar surface area (TPSA) is 103 Å². The number of aromatic nitrogens is 2. The summed E-state index contributed by atoms with van der Waals surface area (Å²) in [5.41, 5.74) is 1.85. The molecule has 8 heteroatoms.